The lowest BCUT2D eigenvalue weighted by Gasteiger charge is -2.22. The Balaban J connectivity index is 2.83. The van der Waals surface area contributed by atoms with Crippen molar-refractivity contribution in [1.82, 2.24) is 5.32 Å². The maximum atomic E-state index is 13.8. The monoisotopic (exact) mass is 257 g/mol. The van der Waals surface area contributed by atoms with Crippen LogP contribution in [0.1, 0.15) is 43.9 Å². The van der Waals surface area contributed by atoms with Crippen molar-refractivity contribution in [2.75, 3.05) is 6.61 Å². The number of hydrogen-bond acceptors (Lipinski definition) is 2. The van der Waals surface area contributed by atoms with E-state index in [-0.39, 0.29) is 18.7 Å². The molecule has 0 radical (unpaired) electrons. The number of halogens is 2. The van der Waals surface area contributed by atoms with Gasteiger partial charge in [-0.2, -0.15) is 0 Å². The summed E-state index contributed by atoms with van der Waals surface area (Å²) in [5.74, 6) is -0.789. The number of hydrogen-bond donors (Lipinski definition) is 2. The van der Waals surface area contributed by atoms with Crippen LogP contribution in [-0.2, 0) is 0 Å². The summed E-state index contributed by atoms with van der Waals surface area (Å²) in [6.07, 6.45) is 1.44. The first-order valence-electron chi connectivity index (χ1n) is 6.32. The lowest BCUT2D eigenvalue weighted by atomic mass is 10.0. The van der Waals surface area contributed by atoms with Crippen LogP contribution in [-0.4, -0.2) is 17.8 Å². The summed E-state index contributed by atoms with van der Waals surface area (Å²) >= 11 is 0. The zero-order valence-corrected chi connectivity index (χ0v) is 11.1. The van der Waals surface area contributed by atoms with Crippen LogP contribution in [0.3, 0.4) is 0 Å². The van der Waals surface area contributed by atoms with Crippen LogP contribution in [0.2, 0.25) is 0 Å². The molecule has 1 aromatic carbocycles. The quantitative estimate of drug-likeness (QED) is 0.820. The first-order chi connectivity index (χ1) is 8.49. The van der Waals surface area contributed by atoms with E-state index in [1.54, 1.807) is 13.8 Å². The maximum Gasteiger partial charge on any atom is 0.128 e. The molecule has 0 saturated heterocycles. The van der Waals surface area contributed by atoms with E-state index in [4.69, 9.17) is 5.11 Å². The van der Waals surface area contributed by atoms with Gasteiger partial charge in [0.1, 0.15) is 11.6 Å². The van der Waals surface area contributed by atoms with Crippen LogP contribution >= 0.6 is 0 Å². The minimum atomic E-state index is -0.396. The Morgan fingerprint density at radius 1 is 1.28 bits per heavy atom. The molecule has 0 saturated carbocycles. The van der Waals surface area contributed by atoms with Crippen molar-refractivity contribution in [3.8, 4) is 0 Å². The number of aliphatic hydroxyl groups excluding tert-OH is 1. The summed E-state index contributed by atoms with van der Waals surface area (Å²) in [7, 11) is 0. The average Bonchev–Trinajstić information content (AvgIpc) is 2.33. The number of rotatable bonds is 6. The van der Waals surface area contributed by atoms with E-state index in [2.05, 4.69) is 5.32 Å². The third-order valence-electron chi connectivity index (χ3n) is 3.20. The molecule has 18 heavy (non-hydrogen) atoms. The Bertz CT molecular complexity index is 396. The summed E-state index contributed by atoms with van der Waals surface area (Å²) in [4.78, 5) is 0. The first kappa shape index (κ1) is 15.1. The molecule has 0 aromatic heterocycles. The first-order valence-corrected chi connectivity index (χ1v) is 6.32. The zero-order valence-electron chi connectivity index (χ0n) is 11.1. The molecule has 102 valence electrons. The summed E-state index contributed by atoms with van der Waals surface area (Å²) in [5, 5.41) is 12.1. The molecule has 2 atom stereocenters. The Morgan fingerprint density at radius 2 is 1.94 bits per heavy atom. The molecular formula is C14H21F2NO. The lowest BCUT2D eigenvalue weighted by molar-refractivity contribution is 0.256. The molecule has 0 aliphatic carbocycles. The second-order valence-electron chi connectivity index (χ2n) is 4.63. The fourth-order valence-electron chi connectivity index (χ4n) is 2.00. The summed E-state index contributed by atoms with van der Waals surface area (Å²) in [5.41, 5.74) is 0.639. The van der Waals surface area contributed by atoms with Crippen LogP contribution in [0.15, 0.2) is 12.1 Å². The molecule has 0 heterocycles. The number of aryl methyl sites for hydroxylation is 1. The topological polar surface area (TPSA) is 32.3 Å². The SMILES string of the molecule is CCC(CCO)NC(C)c1cc(F)c(C)cc1F. The molecule has 2 N–H and O–H groups in total. The van der Waals surface area contributed by atoms with Crippen molar-refractivity contribution in [3.63, 3.8) is 0 Å². The van der Waals surface area contributed by atoms with Gasteiger partial charge in [0.2, 0.25) is 0 Å². The molecule has 0 aliphatic rings. The van der Waals surface area contributed by atoms with Crippen LogP contribution in [0.4, 0.5) is 8.78 Å². The van der Waals surface area contributed by atoms with Gasteiger partial charge in [-0.05, 0) is 44.4 Å². The van der Waals surface area contributed by atoms with Gasteiger partial charge in [0.05, 0.1) is 0 Å². The summed E-state index contributed by atoms with van der Waals surface area (Å²) in [6.45, 7) is 5.42. The van der Waals surface area contributed by atoms with Crippen molar-refractivity contribution in [3.05, 3.63) is 34.9 Å². The highest BCUT2D eigenvalue weighted by Gasteiger charge is 2.16. The second-order valence-corrected chi connectivity index (χ2v) is 4.63. The van der Waals surface area contributed by atoms with Gasteiger partial charge in [0, 0.05) is 24.3 Å². The Hall–Kier alpha value is -1.00. The average molecular weight is 257 g/mol. The zero-order chi connectivity index (χ0) is 13.7. The van der Waals surface area contributed by atoms with Gasteiger partial charge >= 0.3 is 0 Å². The van der Waals surface area contributed by atoms with Gasteiger partial charge in [-0.1, -0.05) is 6.92 Å². The molecule has 1 rings (SSSR count). The van der Waals surface area contributed by atoms with Crippen molar-refractivity contribution in [2.24, 2.45) is 0 Å². The Labute approximate surface area is 107 Å². The highest BCUT2D eigenvalue weighted by molar-refractivity contribution is 5.27. The molecule has 2 unspecified atom stereocenters. The smallest absolute Gasteiger partial charge is 0.128 e. The third kappa shape index (κ3) is 3.75. The maximum absolute atomic E-state index is 13.8. The molecule has 4 heteroatoms. The summed E-state index contributed by atoms with van der Waals surface area (Å²) in [6, 6.07) is 2.29. The van der Waals surface area contributed by atoms with E-state index in [0.29, 0.717) is 17.5 Å². The van der Waals surface area contributed by atoms with Gasteiger partial charge in [-0.15, -0.1) is 0 Å². The predicted molar refractivity (Wildman–Crippen MR) is 68.4 cm³/mol. The molecule has 1 aromatic rings. The predicted octanol–water partition coefficient (Wildman–Crippen LogP) is 3.08. The largest absolute Gasteiger partial charge is 0.396 e. The van der Waals surface area contributed by atoms with E-state index in [1.165, 1.54) is 12.1 Å². The van der Waals surface area contributed by atoms with Gasteiger partial charge in [0.15, 0.2) is 0 Å². The lowest BCUT2D eigenvalue weighted by Crippen LogP contribution is -2.32. The van der Waals surface area contributed by atoms with E-state index >= 15 is 0 Å². The molecule has 0 aliphatic heterocycles. The Morgan fingerprint density at radius 3 is 2.50 bits per heavy atom. The van der Waals surface area contributed by atoms with Crippen molar-refractivity contribution in [2.45, 2.75) is 45.7 Å². The fraction of sp³-hybridized carbons (Fsp3) is 0.571. The van der Waals surface area contributed by atoms with Crippen LogP contribution in [0, 0.1) is 18.6 Å². The van der Waals surface area contributed by atoms with E-state index < -0.39 is 11.6 Å². The van der Waals surface area contributed by atoms with E-state index in [9.17, 15) is 8.78 Å². The highest BCUT2D eigenvalue weighted by Crippen LogP contribution is 2.21. The summed E-state index contributed by atoms with van der Waals surface area (Å²) < 4.78 is 27.2. The van der Waals surface area contributed by atoms with Crippen molar-refractivity contribution < 1.29 is 13.9 Å². The van der Waals surface area contributed by atoms with E-state index in [1.807, 2.05) is 6.92 Å². The van der Waals surface area contributed by atoms with E-state index in [0.717, 1.165) is 6.42 Å². The molecule has 0 fully saturated rings. The molecule has 0 spiro atoms. The Kier molecular flexibility index (Phi) is 5.69. The second kappa shape index (κ2) is 6.81. The van der Waals surface area contributed by atoms with Gasteiger partial charge in [-0.3, -0.25) is 0 Å². The number of nitrogens with one attached hydrogen (secondary N) is 1. The third-order valence-corrected chi connectivity index (χ3v) is 3.20. The molecule has 2 nitrogen and oxygen atoms in total. The number of aliphatic hydroxyl groups is 1. The normalized spacial score (nSPS) is 14.6. The van der Waals surface area contributed by atoms with Crippen molar-refractivity contribution in [1.29, 1.82) is 0 Å². The van der Waals surface area contributed by atoms with Crippen molar-refractivity contribution >= 4 is 0 Å². The van der Waals surface area contributed by atoms with Gasteiger partial charge in [0.25, 0.3) is 0 Å². The molecule has 0 amide bonds. The minimum Gasteiger partial charge on any atom is -0.396 e. The van der Waals surface area contributed by atoms with Crippen LogP contribution in [0.25, 0.3) is 0 Å². The van der Waals surface area contributed by atoms with Gasteiger partial charge < -0.3 is 10.4 Å². The molecule has 0 bridgehead atoms. The van der Waals surface area contributed by atoms with Crippen LogP contribution < -0.4 is 5.32 Å². The molecular weight excluding hydrogens is 236 g/mol. The van der Waals surface area contributed by atoms with Crippen LogP contribution in [0.5, 0.6) is 0 Å². The number of benzene rings is 1. The minimum absolute atomic E-state index is 0.0863. The fourth-order valence-corrected chi connectivity index (χ4v) is 2.00. The van der Waals surface area contributed by atoms with Gasteiger partial charge in [-0.25, -0.2) is 8.78 Å². The highest BCUT2D eigenvalue weighted by atomic mass is 19.1. The standard InChI is InChI=1S/C14H21F2NO/c1-4-11(5-6-18)17-10(3)12-8-13(15)9(2)7-14(12)16/h7-8,10-11,17-18H,4-6H2,1-3H3.